The van der Waals surface area contributed by atoms with E-state index in [0.29, 0.717) is 0 Å². The van der Waals surface area contributed by atoms with Crippen LogP contribution in [0.3, 0.4) is 0 Å². The molecule has 0 bridgehead atoms. The van der Waals surface area contributed by atoms with Crippen LogP contribution in [0.15, 0.2) is 48.5 Å². The smallest absolute Gasteiger partial charge is 0.407 e. The third-order valence-corrected chi connectivity index (χ3v) is 5.44. The molecule has 164 valence electrons. The minimum Gasteiger partial charge on any atom is -0.480 e. The summed E-state index contributed by atoms with van der Waals surface area (Å²) in [5, 5.41) is 14.0. The first-order chi connectivity index (χ1) is 14.7. The van der Waals surface area contributed by atoms with E-state index < -0.39 is 23.5 Å². The molecule has 2 amide bonds. The van der Waals surface area contributed by atoms with Crippen molar-refractivity contribution < 1.29 is 24.2 Å². The largest absolute Gasteiger partial charge is 0.480 e. The summed E-state index contributed by atoms with van der Waals surface area (Å²) >= 11 is 0. The van der Waals surface area contributed by atoms with Crippen molar-refractivity contribution in [2.24, 2.45) is 5.41 Å². The number of carboxylic acids is 1. The van der Waals surface area contributed by atoms with Crippen LogP contribution in [0.2, 0.25) is 0 Å². The van der Waals surface area contributed by atoms with E-state index in [1.807, 2.05) is 38.1 Å². The average Bonchev–Trinajstić information content (AvgIpc) is 3.04. The second-order valence-corrected chi connectivity index (χ2v) is 8.65. The van der Waals surface area contributed by atoms with Gasteiger partial charge in [0.2, 0.25) is 5.91 Å². The number of carbonyl (C=O) groups excluding carboxylic acids is 2. The zero-order valence-electron chi connectivity index (χ0n) is 18.0. The maximum absolute atomic E-state index is 12.3. The van der Waals surface area contributed by atoms with Crippen molar-refractivity contribution >= 4 is 18.0 Å². The standard InChI is InChI=1S/C24H28N2O5/c1-15(22(28)29)26-21(27)12-24(2,3)14-25-23(30)31-13-20-18-10-6-4-8-16(18)17-9-5-7-11-19(17)20/h4-11,15,20H,12-14H2,1-3H3,(H,25,30)(H,26,27)(H,28,29). The lowest BCUT2D eigenvalue weighted by molar-refractivity contribution is -0.141. The van der Waals surface area contributed by atoms with E-state index in [1.165, 1.54) is 6.92 Å². The van der Waals surface area contributed by atoms with Crippen molar-refractivity contribution in [1.82, 2.24) is 10.6 Å². The number of aliphatic carboxylic acids is 1. The van der Waals surface area contributed by atoms with Crippen LogP contribution in [0, 0.1) is 5.41 Å². The molecule has 0 radical (unpaired) electrons. The van der Waals surface area contributed by atoms with Crippen molar-refractivity contribution in [3.63, 3.8) is 0 Å². The number of nitrogens with one attached hydrogen (secondary N) is 2. The normalized spacial score (nSPS) is 13.6. The molecule has 1 unspecified atom stereocenters. The molecule has 0 aliphatic heterocycles. The molecule has 1 aliphatic rings. The van der Waals surface area contributed by atoms with Gasteiger partial charge in [-0.15, -0.1) is 0 Å². The van der Waals surface area contributed by atoms with Crippen molar-refractivity contribution in [2.75, 3.05) is 13.2 Å². The van der Waals surface area contributed by atoms with E-state index >= 15 is 0 Å². The molecule has 7 nitrogen and oxygen atoms in total. The molecule has 1 aliphatic carbocycles. The lowest BCUT2D eigenvalue weighted by Crippen LogP contribution is -2.42. The molecule has 0 spiro atoms. The number of carboxylic acid groups (broad SMARTS) is 1. The quantitative estimate of drug-likeness (QED) is 0.601. The maximum atomic E-state index is 12.3. The Morgan fingerprint density at radius 1 is 1.03 bits per heavy atom. The third-order valence-electron chi connectivity index (χ3n) is 5.44. The molecular weight excluding hydrogens is 396 g/mol. The highest BCUT2D eigenvalue weighted by molar-refractivity contribution is 5.83. The van der Waals surface area contributed by atoms with Crippen LogP contribution in [-0.4, -0.2) is 42.3 Å². The highest BCUT2D eigenvalue weighted by Crippen LogP contribution is 2.44. The van der Waals surface area contributed by atoms with Gasteiger partial charge in [0.05, 0.1) is 0 Å². The van der Waals surface area contributed by atoms with E-state index in [2.05, 4.69) is 34.9 Å². The number of carbonyl (C=O) groups is 3. The monoisotopic (exact) mass is 424 g/mol. The number of ether oxygens (including phenoxy) is 1. The summed E-state index contributed by atoms with van der Waals surface area (Å²) in [5.41, 5.74) is 4.04. The predicted octanol–water partition coefficient (Wildman–Crippen LogP) is 3.53. The molecule has 7 heteroatoms. The Kier molecular flexibility index (Phi) is 6.63. The number of alkyl carbamates (subject to hydrolysis) is 1. The van der Waals surface area contributed by atoms with E-state index in [1.54, 1.807) is 0 Å². The lowest BCUT2D eigenvalue weighted by atomic mass is 9.89. The Morgan fingerprint density at radius 2 is 1.58 bits per heavy atom. The van der Waals surface area contributed by atoms with Gasteiger partial charge in [0.15, 0.2) is 0 Å². The highest BCUT2D eigenvalue weighted by atomic mass is 16.5. The van der Waals surface area contributed by atoms with E-state index in [9.17, 15) is 14.4 Å². The molecule has 0 fully saturated rings. The molecule has 2 aromatic carbocycles. The number of fused-ring (bicyclic) bond motifs is 3. The minimum atomic E-state index is -1.09. The van der Waals surface area contributed by atoms with Gasteiger partial charge in [-0.2, -0.15) is 0 Å². The summed E-state index contributed by atoms with van der Waals surface area (Å²) < 4.78 is 5.51. The first-order valence-corrected chi connectivity index (χ1v) is 10.3. The summed E-state index contributed by atoms with van der Waals surface area (Å²) in [6.45, 7) is 5.49. The van der Waals surface area contributed by atoms with E-state index in [4.69, 9.17) is 9.84 Å². The zero-order valence-corrected chi connectivity index (χ0v) is 18.0. The number of amides is 2. The van der Waals surface area contributed by atoms with E-state index in [0.717, 1.165) is 22.3 Å². The SMILES string of the molecule is CC(NC(=O)CC(C)(C)CNC(=O)OCC1c2ccccc2-c2ccccc21)C(=O)O. The molecular formula is C24H28N2O5. The fourth-order valence-corrected chi connectivity index (χ4v) is 3.81. The van der Waals surface area contributed by atoms with Crippen LogP contribution < -0.4 is 10.6 Å². The number of rotatable bonds is 8. The van der Waals surface area contributed by atoms with Gasteiger partial charge in [-0.1, -0.05) is 62.4 Å². The molecule has 0 saturated heterocycles. The van der Waals surface area contributed by atoms with E-state index in [-0.39, 0.29) is 31.4 Å². The molecule has 3 N–H and O–H groups in total. The summed E-state index contributed by atoms with van der Waals surface area (Å²) in [6.07, 6.45) is -0.469. The molecule has 3 rings (SSSR count). The van der Waals surface area contributed by atoms with Gasteiger partial charge in [0.1, 0.15) is 12.6 Å². The average molecular weight is 424 g/mol. The molecule has 31 heavy (non-hydrogen) atoms. The molecule has 0 saturated carbocycles. The van der Waals surface area contributed by atoms with Crippen LogP contribution in [0.1, 0.15) is 44.2 Å². The van der Waals surface area contributed by atoms with Crippen molar-refractivity contribution in [2.45, 2.75) is 39.2 Å². The highest BCUT2D eigenvalue weighted by Gasteiger charge is 2.29. The Morgan fingerprint density at radius 3 is 2.13 bits per heavy atom. The summed E-state index contributed by atoms with van der Waals surface area (Å²) in [7, 11) is 0. The Balaban J connectivity index is 1.53. The van der Waals surface area contributed by atoms with Gasteiger partial charge in [-0.25, -0.2) is 4.79 Å². The van der Waals surface area contributed by atoms with Gasteiger partial charge >= 0.3 is 12.1 Å². The fourth-order valence-electron chi connectivity index (χ4n) is 3.81. The number of benzene rings is 2. The van der Waals surface area contributed by atoms with Gasteiger partial charge in [-0.3, -0.25) is 9.59 Å². The molecule has 2 aromatic rings. The van der Waals surface area contributed by atoms with Gasteiger partial charge < -0.3 is 20.5 Å². The zero-order chi connectivity index (χ0) is 22.6. The summed E-state index contributed by atoms with van der Waals surface area (Å²) in [4.78, 5) is 35.2. The Labute approximate surface area is 181 Å². The van der Waals surface area contributed by atoms with Crippen molar-refractivity contribution in [3.05, 3.63) is 59.7 Å². The van der Waals surface area contributed by atoms with Gasteiger partial charge in [-0.05, 0) is 34.6 Å². The third kappa shape index (κ3) is 5.42. The second kappa shape index (κ2) is 9.20. The van der Waals surface area contributed by atoms with Gasteiger partial charge in [0, 0.05) is 18.9 Å². The van der Waals surface area contributed by atoms with Crippen LogP contribution >= 0.6 is 0 Å². The molecule has 1 atom stereocenters. The van der Waals surface area contributed by atoms with Crippen molar-refractivity contribution in [1.29, 1.82) is 0 Å². The van der Waals surface area contributed by atoms with Crippen LogP contribution in [0.4, 0.5) is 4.79 Å². The Bertz CT molecular complexity index is 940. The Hall–Kier alpha value is -3.35. The topological polar surface area (TPSA) is 105 Å². The molecule has 0 heterocycles. The predicted molar refractivity (Wildman–Crippen MR) is 117 cm³/mol. The minimum absolute atomic E-state index is 0.0190. The molecule has 0 aromatic heterocycles. The summed E-state index contributed by atoms with van der Waals surface area (Å²) in [5.74, 6) is -1.49. The van der Waals surface area contributed by atoms with Crippen LogP contribution in [0.25, 0.3) is 11.1 Å². The second-order valence-electron chi connectivity index (χ2n) is 8.65. The van der Waals surface area contributed by atoms with Crippen LogP contribution in [-0.2, 0) is 14.3 Å². The fraction of sp³-hybridized carbons (Fsp3) is 0.375. The number of hydrogen-bond acceptors (Lipinski definition) is 4. The lowest BCUT2D eigenvalue weighted by Gasteiger charge is -2.25. The number of hydrogen-bond donors (Lipinski definition) is 3. The maximum Gasteiger partial charge on any atom is 0.407 e. The van der Waals surface area contributed by atoms with Crippen molar-refractivity contribution in [3.8, 4) is 11.1 Å². The van der Waals surface area contributed by atoms with Gasteiger partial charge in [0.25, 0.3) is 0 Å². The summed E-state index contributed by atoms with van der Waals surface area (Å²) in [6, 6.07) is 15.3. The first kappa shape index (κ1) is 22.3. The van der Waals surface area contributed by atoms with Crippen LogP contribution in [0.5, 0.6) is 0 Å². The first-order valence-electron chi connectivity index (χ1n) is 10.3.